The van der Waals surface area contributed by atoms with Gasteiger partial charge >= 0.3 is 0 Å². The summed E-state index contributed by atoms with van der Waals surface area (Å²) in [6.45, 7) is 7.10. The number of H-pyrrole nitrogens is 1. The zero-order valence-corrected chi connectivity index (χ0v) is 11.4. The van der Waals surface area contributed by atoms with Crippen molar-refractivity contribution in [1.82, 2.24) is 14.9 Å². The van der Waals surface area contributed by atoms with E-state index in [1.54, 1.807) is 13.3 Å². The van der Waals surface area contributed by atoms with Crippen molar-refractivity contribution in [3.63, 3.8) is 0 Å². The van der Waals surface area contributed by atoms with Crippen LogP contribution in [0.15, 0.2) is 12.4 Å². The van der Waals surface area contributed by atoms with Crippen LogP contribution in [0.4, 0.5) is 0 Å². The third-order valence-electron chi connectivity index (χ3n) is 4.03. The molecule has 1 aromatic rings. The van der Waals surface area contributed by atoms with Crippen LogP contribution in [0.2, 0.25) is 0 Å². The number of rotatable bonds is 4. The highest BCUT2D eigenvalue weighted by Crippen LogP contribution is 2.39. The number of methoxy groups -OCH3 is 1. The number of aliphatic hydroxyl groups is 1. The van der Waals surface area contributed by atoms with Crippen LogP contribution < -0.4 is 0 Å². The first-order valence-electron chi connectivity index (χ1n) is 6.39. The third-order valence-corrected chi connectivity index (χ3v) is 4.03. The second kappa shape index (κ2) is 4.99. The Bertz CT molecular complexity index is 378. The first-order chi connectivity index (χ1) is 8.47. The van der Waals surface area contributed by atoms with Gasteiger partial charge in [-0.15, -0.1) is 0 Å². The summed E-state index contributed by atoms with van der Waals surface area (Å²) in [7, 11) is 1.64. The molecule has 1 aliphatic rings. The molecule has 0 radical (unpaired) electrons. The van der Waals surface area contributed by atoms with E-state index in [0.29, 0.717) is 6.61 Å². The molecule has 5 heteroatoms. The molecule has 0 amide bonds. The van der Waals surface area contributed by atoms with Gasteiger partial charge in [0, 0.05) is 38.0 Å². The van der Waals surface area contributed by atoms with Crippen molar-refractivity contribution in [2.45, 2.75) is 32.4 Å². The Morgan fingerprint density at radius 3 is 2.89 bits per heavy atom. The Labute approximate surface area is 108 Å². The standard InChI is InChI=1S/C13H23N3O2/c1-12(2)9-16(8-11-14-5-6-15-11)7-4-13(12,17)10-18-3/h5-6,17H,4,7-10H2,1-3H3,(H,14,15)/t13-/m1/s1. The third kappa shape index (κ3) is 2.58. The quantitative estimate of drug-likeness (QED) is 0.841. The van der Waals surface area contributed by atoms with Crippen molar-refractivity contribution in [3.05, 3.63) is 18.2 Å². The number of hydrogen-bond donors (Lipinski definition) is 2. The first kappa shape index (κ1) is 13.5. The summed E-state index contributed by atoms with van der Waals surface area (Å²) in [6.07, 6.45) is 4.34. The number of aromatic nitrogens is 2. The number of aromatic amines is 1. The van der Waals surface area contributed by atoms with E-state index in [4.69, 9.17) is 4.74 Å². The molecule has 0 spiro atoms. The largest absolute Gasteiger partial charge is 0.387 e. The van der Waals surface area contributed by atoms with Crippen LogP contribution in [0.3, 0.4) is 0 Å². The molecular weight excluding hydrogens is 230 g/mol. The highest BCUT2D eigenvalue weighted by atomic mass is 16.5. The fourth-order valence-electron chi connectivity index (χ4n) is 2.70. The molecule has 2 N–H and O–H groups in total. The lowest BCUT2D eigenvalue weighted by molar-refractivity contribution is -0.151. The van der Waals surface area contributed by atoms with Crippen molar-refractivity contribution >= 4 is 0 Å². The Kier molecular flexibility index (Phi) is 3.75. The van der Waals surface area contributed by atoms with Gasteiger partial charge in [0.25, 0.3) is 0 Å². The van der Waals surface area contributed by atoms with Gasteiger partial charge in [0.15, 0.2) is 0 Å². The fraction of sp³-hybridized carbons (Fsp3) is 0.769. The van der Waals surface area contributed by atoms with E-state index in [9.17, 15) is 5.11 Å². The zero-order chi connectivity index (χ0) is 13.2. The maximum Gasteiger partial charge on any atom is 0.120 e. The lowest BCUT2D eigenvalue weighted by Gasteiger charge is -2.49. The van der Waals surface area contributed by atoms with Crippen molar-refractivity contribution in [3.8, 4) is 0 Å². The molecule has 0 aliphatic carbocycles. The molecule has 0 unspecified atom stereocenters. The Balaban J connectivity index is 2.01. The number of hydrogen-bond acceptors (Lipinski definition) is 4. The summed E-state index contributed by atoms with van der Waals surface area (Å²) in [6, 6.07) is 0. The molecule has 2 heterocycles. The number of ether oxygens (including phenoxy) is 1. The molecule has 18 heavy (non-hydrogen) atoms. The SMILES string of the molecule is COC[C@]1(O)CCN(Cc2ncc[nH]2)CC1(C)C. The summed E-state index contributed by atoms with van der Waals surface area (Å²) < 4.78 is 5.17. The van der Waals surface area contributed by atoms with Gasteiger partial charge in [0.05, 0.1) is 18.8 Å². The van der Waals surface area contributed by atoms with Crippen LogP contribution in [-0.4, -0.2) is 52.4 Å². The van der Waals surface area contributed by atoms with Crippen LogP contribution in [0.1, 0.15) is 26.1 Å². The number of imidazole rings is 1. The molecule has 1 aromatic heterocycles. The smallest absolute Gasteiger partial charge is 0.120 e. The molecule has 0 bridgehead atoms. The molecule has 5 nitrogen and oxygen atoms in total. The van der Waals surface area contributed by atoms with E-state index in [1.165, 1.54) is 0 Å². The van der Waals surface area contributed by atoms with Gasteiger partial charge in [-0.3, -0.25) is 4.90 Å². The van der Waals surface area contributed by atoms with E-state index >= 15 is 0 Å². The molecule has 0 saturated carbocycles. The lowest BCUT2D eigenvalue weighted by Crippen LogP contribution is -2.59. The topological polar surface area (TPSA) is 61.4 Å². The summed E-state index contributed by atoms with van der Waals surface area (Å²) in [4.78, 5) is 9.69. The van der Waals surface area contributed by atoms with Crippen LogP contribution in [-0.2, 0) is 11.3 Å². The number of nitrogens with zero attached hydrogens (tertiary/aromatic N) is 2. The minimum absolute atomic E-state index is 0.187. The van der Waals surface area contributed by atoms with Crippen LogP contribution in [0, 0.1) is 5.41 Å². The van der Waals surface area contributed by atoms with Gasteiger partial charge in [0.2, 0.25) is 0 Å². The predicted octanol–water partition coefficient (Wildman–Crippen LogP) is 1.02. The van der Waals surface area contributed by atoms with E-state index in [2.05, 4.69) is 28.7 Å². The highest BCUT2D eigenvalue weighted by Gasteiger charge is 2.47. The average molecular weight is 253 g/mol. The maximum absolute atomic E-state index is 10.7. The van der Waals surface area contributed by atoms with Gasteiger partial charge in [-0.1, -0.05) is 13.8 Å². The Hall–Kier alpha value is -0.910. The van der Waals surface area contributed by atoms with E-state index in [-0.39, 0.29) is 5.41 Å². The Morgan fingerprint density at radius 1 is 1.56 bits per heavy atom. The summed E-state index contributed by atoms with van der Waals surface area (Å²) in [5.41, 5.74) is -0.921. The number of nitrogens with one attached hydrogen (secondary N) is 1. The summed E-state index contributed by atoms with van der Waals surface area (Å²) in [5, 5.41) is 10.7. The van der Waals surface area contributed by atoms with Crippen molar-refractivity contribution in [1.29, 1.82) is 0 Å². The van der Waals surface area contributed by atoms with Crippen LogP contribution in [0.5, 0.6) is 0 Å². The van der Waals surface area contributed by atoms with Gasteiger partial charge < -0.3 is 14.8 Å². The predicted molar refractivity (Wildman–Crippen MR) is 69.1 cm³/mol. The fourth-order valence-corrected chi connectivity index (χ4v) is 2.70. The molecule has 1 atom stereocenters. The van der Waals surface area contributed by atoms with Crippen molar-refractivity contribution in [2.24, 2.45) is 5.41 Å². The normalized spacial score (nSPS) is 28.4. The van der Waals surface area contributed by atoms with Gasteiger partial charge in [-0.25, -0.2) is 4.98 Å². The van der Waals surface area contributed by atoms with Gasteiger partial charge in [-0.2, -0.15) is 0 Å². The van der Waals surface area contributed by atoms with Crippen molar-refractivity contribution in [2.75, 3.05) is 26.8 Å². The average Bonchev–Trinajstić information content (AvgIpc) is 2.77. The van der Waals surface area contributed by atoms with Crippen molar-refractivity contribution < 1.29 is 9.84 Å². The number of piperidine rings is 1. The first-order valence-corrected chi connectivity index (χ1v) is 6.39. The molecule has 0 aromatic carbocycles. The minimum atomic E-state index is -0.735. The second-order valence-electron chi connectivity index (χ2n) is 5.85. The summed E-state index contributed by atoms with van der Waals surface area (Å²) >= 11 is 0. The second-order valence-corrected chi connectivity index (χ2v) is 5.85. The Morgan fingerprint density at radius 2 is 2.33 bits per heavy atom. The lowest BCUT2D eigenvalue weighted by atomic mass is 9.70. The van der Waals surface area contributed by atoms with E-state index < -0.39 is 5.60 Å². The van der Waals surface area contributed by atoms with Gasteiger partial charge in [-0.05, 0) is 6.42 Å². The zero-order valence-electron chi connectivity index (χ0n) is 11.4. The molecule has 102 valence electrons. The molecule has 2 rings (SSSR count). The molecule has 1 fully saturated rings. The molecular formula is C13H23N3O2. The molecule has 1 saturated heterocycles. The van der Waals surface area contributed by atoms with E-state index in [1.807, 2.05) is 6.20 Å². The monoisotopic (exact) mass is 253 g/mol. The number of likely N-dealkylation sites (tertiary alicyclic amines) is 1. The van der Waals surface area contributed by atoms with Gasteiger partial charge in [0.1, 0.15) is 5.82 Å². The minimum Gasteiger partial charge on any atom is -0.387 e. The van der Waals surface area contributed by atoms with Crippen LogP contribution in [0.25, 0.3) is 0 Å². The molecule has 1 aliphatic heterocycles. The van der Waals surface area contributed by atoms with E-state index in [0.717, 1.165) is 31.9 Å². The summed E-state index contributed by atoms with van der Waals surface area (Å²) in [5.74, 6) is 0.975. The maximum atomic E-state index is 10.7. The van der Waals surface area contributed by atoms with Crippen LogP contribution >= 0.6 is 0 Å². The highest BCUT2D eigenvalue weighted by molar-refractivity contribution is 5.00.